The molecule has 0 spiro atoms. The summed E-state index contributed by atoms with van der Waals surface area (Å²) < 4.78 is 28.4. The molecule has 0 aliphatic rings. The van der Waals surface area contributed by atoms with Gasteiger partial charge in [-0.3, -0.25) is 4.79 Å². The van der Waals surface area contributed by atoms with E-state index < -0.39 is 18.1 Å². The van der Waals surface area contributed by atoms with Crippen LogP contribution >= 0.6 is 0 Å². The number of nitrogen functional groups attached to an aromatic ring is 1. The molecule has 0 bridgehead atoms. The summed E-state index contributed by atoms with van der Waals surface area (Å²) in [5, 5.41) is 8.70. The monoisotopic (exact) mass is 226 g/mol. The number of hydrogen-bond donors (Lipinski definition) is 1. The van der Waals surface area contributed by atoms with Crippen LogP contribution in [-0.2, 0) is 0 Å². The minimum absolute atomic E-state index is 0.00199. The van der Waals surface area contributed by atoms with Gasteiger partial charge in [-0.05, 0) is 19.1 Å². The molecule has 0 amide bonds. The van der Waals surface area contributed by atoms with Crippen LogP contribution in [0.2, 0.25) is 0 Å². The van der Waals surface area contributed by atoms with Crippen LogP contribution < -0.4 is 10.5 Å². The fourth-order valence-electron chi connectivity index (χ4n) is 1.26. The van der Waals surface area contributed by atoms with Gasteiger partial charge in [0.05, 0.1) is 11.1 Å². The summed E-state index contributed by atoms with van der Waals surface area (Å²) in [6.45, 7) is -1.96. The maximum atomic E-state index is 12.1. The predicted octanol–water partition coefficient (Wildman–Crippen LogP) is 1.94. The Bertz CT molecular complexity index is 467. The number of alkyl halides is 2. The van der Waals surface area contributed by atoms with Crippen molar-refractivity contribution in [3.05, 3.63) is 23.3 Å². The molecule has 2 N–H and O–H groups in total. The molecule has 0 fully saturated rings. The number of nitriles is 1. The third-order valence-corrected chi connectivity index (χ3v) is 1.87. The number of rotatable bonds is 3. The highest BCUT2D eigenvalue weighted by molar-refractivity contribution is 6.02. The van der Waals surface area contributed by atoms with Crippen LogP contribution in [0.1, 0.15) is 22.8 Å². The van der Waals surface area contributed by atoms with Crippen molar-refractivity contribution in [1.29, 1.82) is 5.26 Å². The first kappa shape index (κ1) is 11.9. The second kappa shape index (κ2) is 4.57. The molecule has 0 aromatic heterocycles. The molecule has 1 aromatic rings. The topological polar surface area (TPSA) is 76.1 Å². The van der Waals surface area contributed by atoms with E-state index in [-0.39, 0.29) is 16.8 Å². The van der Waals surface area contributed by atoms with Crippen molar-refractivity contribution < 1.29 is 18.3 Å². The second-order valence-corrected chi connectivity index (χ2v) is 2.95. The lowest BCUT2D eigenvalue weighted by Gasteiger charge is -2.12. The van der Waals surface area contributed by atoms with E-state index in [0.717, 1.165) is 6.92 Å². The van der Waals surface area contributed by atoms with Crippen molar-refractivity contribution in [1.82, 2.24) is 0 Å². The van der Waals surface area contributed by atoms with Crippen LogP contribution in [0.15, 0.2) is 12.1 Å². The molecule has 0 heterocycles. The van der Waals surface area contributed by atoms with Gasteiger partial charge in [0.25, 0.3) is 0 Å². The zero-order chi connectivity index (χ0) is 12.3. The zero-order valence-electron chi connectivity index (χ0n) is 8.33. The quantitative estimate of drug-likeness (QED) is 0.631. The highest BCUT2D eigenvalue weighted by atomic mass is 19.3. The predicted molar refractivity (Wildman–Crippen MR) is 52.2 cm³/mol. The molecule has 0 saturated carbocycles. The maximum absolute atomic E-state index is 12.1. The number of hydrogen-bond acceptors (Lipinski definition) is 4. The van der Waals surface area contributed by atoms with Gasteiger partial charge in [0.15, 0.2) is 11.5 Å². The normalized spacial score (nSPS) is 9.94. The first-order chi connectivity index (χ1) is 7.47. The first-order valence-corrected chi connectivity index (χ1v) is 4.25. The fraction of sp³-hybridized carbons (Fsp3) is 0.200. The molecule has 0 aliphatic heterocycles. The molecule has 0 saturated heterocycles. The lowest BCUT2D eigenvalue weighted by Crippen LogP contribution is -2.10. The molecule has 84 valence electrons. The van der Waals surface area contributed by atoms with Crippen LogP contribution in [0, 0.1) is 11.3 Å². The summed E-state index contributed by atoms with van der Waals surface area (Å²) >= 11 is 0. The van der Waals surface area contributed by atoms with Gasteiger partial charge < -0.3 is 10.5 Å². The molecule has 6 heteroatoms. The lowest BCUT2D eigenvalue weighted by molar-refractivity contribution is -0.0502. The van der Waals surface area contributed by atoms with E-state index in [1.807, 2.05) is 0 Å². The number of benzene rings is 1. The molecule has 4 nitrogen and oxygen atoms in total. The number of carbonyl (C=O) groups is 1. The van der Waals surface area contributed by atoms with E-state index >= 15 is 0 Å². The molecule has 0 aliphatic carbocycles. The number of halogens is 2. The summed E-state index contributed by atoms with van der Waals surface area (Å²) in [7, 11) is 0. The maximum Gasteiger partial charge on any atom is 0.387 e. The summed E-state index contributed by atoms with van der Waals surface area (Å²) in [4.78, 5) is 11.2. The smallest absolute Gasteiger partial charge is 0.387 e. The van der Waals surface area contributed by atoms with E-state index in [2.05, 4.69) is 4.74 Å². The Hall–Kier alpha value is -2.16. The Labute approximate surface area is 90.2 Å². The lowest BCUT2D eigenvalue weighted by atomic mass is 10.0. The molecular formula is C10H8F2N2O2. The summed E-state index contributed by atoms with van der Waals surface area (Å²) in [5.74, 6) is -1.00. The van der Waals surface area contributed by atoms with Crippen LogP contribution in [0.3, 0.4) is 0 Å². The van der Waals surface area contributed by atoms with Crippen LogP contribution in [-0.4, -0.2) is 12.4 Å². The van der Waals surface area contributed by atoms with Crippen molar-refractivity contribution in [3.8, 4) is 11.8 Å². The van der Waals surface area contributed by atoms with Gasteiger partial charge in [-0.1, -0.05) is 0 Å². The van der Waals surface area contributed by atoms with Gasteiger partial charge in [-0.15, -0.1) is 0 Å². The average molecular weight is 226 g/mol. The van der Waals surface area contributed by atoms with E-state index in [4.69, 9.17) is 11.0 Å². The zero-order valence-corrected chi connectivity index (χ0v) is 8.33. The standard InChI is InChI=1S/C10H8F2N2O2/c1-5(15)8-7(14)3-2-6(4-13)9(8)16-10(11)12/h2-3,10H,14H2,1H3. The minimum atomic E-state index is -3.12. The van der Waals surface area contributed by atoms with E-state index in [1.165, 1.54) is 12.1 Å². The Morgan fingerprint density at radius 1 is 1.56 bits per heavy atom. The fourth-order valence-corrected chi connectivity index (χ4v) is 1.26. The number of anilines is 1. The van der Waals surface area contributed by atoms with Gasteiger partial charge in [0.1, 0.15) is 6.07 Å². The SMILES string of the molecule is CC(=O)c1c(N)ccc(C#N)c1OC(F)F. The second-order valence-electron chi connectivity index (χ2n) is 2.95. The van der Waals surface area contributed by atoms with Gasteiger partial charge in [-0.25, -0.2) is 0 Å². The Morgan fingerprint density at radius 3 is 2.62 bits per heavy atom. The van der Waals surface area contributed by atoms with Crippen LogP contribution in [0.25, 0.3) is 0 Å². The van der Waals surface area contributed by atoms with Gasteiger partial charge in [0.2, 0.25) is 0 Å². The van der Waals surface area contributed by atoms with Crippen molar-refractivity contribution in [3.63, 3.8) is 0 Å². The molecule has 0 radical (unpaired) electrons. The van der Waals surface area contributed by atoms with Gasteiger partial charge in [0, 0.05) is 5.69 Å². The number of nitrogens with zero attached hydrogens (tertiary/aromatic N) is 1. The van der Waals surface area contributed by atoms with Gasteiger partial charge >= 0.3 is 6.61 Å². The summed E-state index contributed by atoms with van der Waals surface area (Å²) in [6, 6.07) is 4.18. The molecule has 0 atom stereocenters. The van der Waals surface area contributed by atoms with E-state index in [0.29, 0.717) is 0 Å². The first-order valence-electron chi connectivity index (χ1n) is 4.25. The summed E-state index contributed by atoms with van der Waals surface area (Å²) in [5.41, 5.74) is 5.12. The van der Waals surface area contributed by atoms with Crippen molar-refractivity contribution >= 4 is 11.5 Å². The van der Waals surface area contributed by atoms with Crippen molar-refractivity contribution in [2.75, 3.05) is 5.73 Å². The molecule has 16 heavy (non-hydrogen) atoms. The molecule has 1 aromatic carbocycles. The molecule has 0 unspecified atom stereocenters. The third kappa shape index (κ3) is 2.25. The largest absolute Gasteiger partial charge is 0.433 e. The average Bonchev–Trinajstić information content (AvgIpc) is 2.16. The van der Waals surface area contributed by atoms with Gasteiger partial charge in [-0.2, -0.15) is 14.0 Å². The highest BCUT2D eigenvalue weighted by Crippen LogP contribution is 2.30. The molecule has 1 rings (SSSR count). The Balaban J connectivity index is 3.44. The Kier molecular flexibility index (Phi) is 3.40. The van der Waals surface area contributed by atoms with E-state index in [9.17, 15) is 13.6 Å². The van der Waals surface area contributed by atoms with Crippen molar-refractivity contribution in [2.45, 2.75) is 13.5 Å². The number of nitrogens with two attached hydrogens (primary N) is 1. The van der Waals surface area contributed by atoms with E-state index in [1.54, 1.807) is 6.07 Å². The number of ketones is 1. The number of carbonyl (C=O) groups excluding carboxylic acids is 1. The third-order valence-electron chi connectivity index (χ3n) is 1.87. The minimum Gasteiger partial charge on any atom is -0.433 e. The van der Waals surface area contributed by atoms with Crippen LogP contribution in [0.5, 0.6) is 5.75 Å². The summed E-state index contributed by atoms with van der Waals surface area (Å²) in [6.07, 6.45) is 0. The Morgan fingerprint density at radius 2 is 2.19 bits per heavy atom. The van der Waals surface area contributed by atoms with Crippen molar-refractivity contribution in [2.24, 2.45) is 0 Å². The number of Topliss-reactive ketones (excluding diaryl/α,β-unsaturated/α-hetero) is 1. The highest BCUT2D eigenvalue weighted by Gasteiger charge is 2.20. The number of ether oxygens (including phenoxy) is 1. The van der Waals surface area contributed by atoms with Crippen LogP contribution in [0.4, 0.5) is 14.5 Å². The molecular weight excluding hydrogens is 218 g/mol.